The van der Waals surface area contributed by atoms with Gasteiger partial charge in [0.25, 0.3) is 0 Å². The number of nitrogens with one attached hydrogen (secondary N) is 2. The van der Waals surface area contributed by atoms with Crippen LogP contribution in [0.15, 0.2) is 0 Å². The van der Waals surface area contributed by atoms with Gasteiger partial charge < -0.3 is 0 Å². The normalized spacial score (nSPS) is 9.65. The Balaban J connectivity index is -0.000000273. The van der Waals surface area contributed by atoms with Gasteiger partial charge in [-0.05, 0) is 0 Å². The largest absolute Gasteiger partial charge is 0.231 e. The molecule has 0 aliphatic heterocycles. The number of carbonyl (C=O) groups is 1. The zero-order chi connectivity index (χ0) is 14.3. The Morgan fingerprint density at radius 1 is 1.35 bits per heavy atom. The van der Waals surface area contributed by atoms with E-state index in [0.29, 0.717) is 5.75 Å². The Kier molecular flexibility index (Phi) is 23.1. The van der Waals surface area contributed by atoms with Crippen LogP contribution < -0.4 is 0 Å². The molecule has 0 aliphatic carbocycles. The maximum absolute atomic E-state index is 10.6. The third kappa shape index (κ3) is 15.6. The van der Waals surface area contributed by atoms with E-state index < -0.39 is 5.97 Å². The monoisotopic (exact) mass is 395 g/mol. The zero-order valence-electron chi connectivity index (χ0n) is 9.17. The van der Waals surface area contributed by atoms with Gasteiger partial charge in [-0.15, -0.1) is 0 Å². The van der Waals surface area contributed by atoms with E-state index >= 15 is 0 Å². The second-order valence-corrected chi connectivity index (χ2v) is 6.61. The molecule has 0 aliphatic rings. The fourth-order valence-electron chi connectivity index (χ4n) is 0.564. The molecule has 1 atom stereocenters. The van der Waals surface area contributed by atoms with Gasteiger partial charge in [0.1, 0.15) is 0 Å². The van der Waals surface area contributed by atoms with Gasteiger partial charge in [0.15, 0.2) is 0 Å². The first kappa shape index (κ1) is 21.8. The van der Waals surface area contributed by atoms with Crippen LogP contribution in [0.3, 0.4) is 0 Å². The van der Waals surface area contributed by atoms with Crippen LogP contribution in [0.2, 0.25) is 11.6 Å². The second kappa shape index (κ2) is 18.0. The van der Waals surface area contributed by atoms with Crippen molar-refractivity contribution >= 4 is 61.1 Å². The Labute approximate surface area is 117 Å². The Morgan fingerprint density at radius 2 is 1.65 bits per heavy atom. The van der Waals surface area contributed by atoms with Crippen LogP contribution in [-0.2, 0) is 14.4 Å². The molecule has 0 rings (SSSR count). The van der Waals surface area contributed by atoms with Crippen molar-refractivity contribution in [2.24, 2.45) is 0 Å². The molecule has 10 heteroatoms. The summed E-state index contributed by atoms with van der Waals surface area (Å²) in [4.78, 5) is 27.3. The molecule has 0 aromatic carbocycles. The number of carbonyl (C=O) groups excluding carboxylic acids is 2. The van der Waals surface area contributed by atoms with E-state index in [2.05, 4.69) is 12.6 Å². The molecule has 98 valence electrons. The standard InChI is InChI=1S/C5H11NO2SSe2.2CHNO/c1-10-6(11-2)4(3-9)5(7)8;2*2-1-3/h4,9H,3H2,1-2H3,(H,7,8);2*2H. The van der Waals surface area contributed by atoms with Crippen molar-refractivity contribution in [1.29, 1.82) is 10.8 Å². The van der Waals surface area contributed by atoms with Gasteiger partial charge in [-0.2, -0.15) is 0 Å². The molecule has 1 unspecified atom stereocenters. The number of carboxylic acid groups (broad SMARTS) is 1. The minimum absolute atomic E-state index is 0.278. The number of rotatable bonds is 5. The molecular weight excluding hydrogens is 380 g/mol. The summed E-state index contributed by atoms with van der Waals surface area (Å²) in [6.07, 6.45) is 1.50. The van der Waals surface area contributed by atoms with Gasteiger partial charge >= 0.3 is 85.2 Å². The predicted molar refractivity (Wildman–Crippen MR) is 67.2 cm³/mol. The van der Waals surface area contributed by atoms with E-state index in [1.54, 1.807) is 0 Å². The second-order valence-electron chi connectivity index (χ2n) is 1.89. The van der Waals surface area contributed by atoms with Crippen molar-refractivity contribution in [2.45, 2.75) is 17.7 Å². The van der Waals surface area contributed by atoms with Gasteiger partial charge in [0, 0.05) is 0 Å². The molecular formula is C7H13N3O4SSe2. The van der Waals surface area contributed by atoms with Gasteiger partial charge in [0.2, 0.25) is 12.2 Å². The number of carboxylic acids is 1. The van der Waals surface area contributed by atoms with Gasteiger partial charge in [0.05, 0.1) is 0 Å². The minimum Gasteiger partial charge on any atom is -0.222 e. The first-order valence-electron chi connectivity index (χ1n) is 3.79. The molecule has 0 radical (unpaired) electrons. The summed E-state index contributed by atoms with van der Waals surface area (Å²) in [7, 11) is 0. The molecule has 0 spiro atoms. The number of isocyanates is 2. The molecule has 0 heterocycles. The van der Waals surface area contributed by atoms with Crippen molar-refractivity contribution in [1.82, 2.24) is 2.93 Å². The maximum Gasteiger partial charge on any atom is 0.231 e. The van der Waals surface area contributed by atoms with Crippen molar-refractivity contribution in [3.8, 4) is 0 Å². The van der Waals surface area contributed by atoms with Crippen molar-refractivity contribution in [3.63, 3.8) is 0 Å². The summed E-state index contributed by atoms with van der Waals surface area (Å²) in [5.41, 5.74) is 0. The van der Waals surface area contributed by atoms with Gasteiger partial charge in [-0.3, -0.25) is 0 Å². The summed E-state index contributed by atoms with van der Waals surface area (Å²) >= 11 is 4.56. The SMILES string of the molecule is C[Se]N([Se]C)C(CS)C(=O)O.N=C=O.N=C=O. The Hall–Kier alpha value is -0.421. The summed E-state index contributed by atoms with van der Waals surface area (Å²) in [6.45, 7) is 0. The topological polar surface area (TPSA) is 122 Å². The van der Waals surface area contributed by atoms with E-state index in [0.717, 1.165) is 12.2 Å². The number of hydrogen-bond acceptors (Lipinski definition) is 7. The maximum atomic E-state index is 10.6. The van der Waals surface area contributed by atoms with Crippen LogP contribution in [-0.4, -0.2) is 68.3 Å². The predicted octanol–water partition coefficient (Wildman–Crippen LogP) is -0.192. The van der Waals surface area contributed by atoms with E-state index in [1.807, 2.05) is 14.6 Å². The van der Waals surface area contributed by atoms with Crippen LogP contribution in [0, 0.1) is 10.8 Å². The van der Waals surface area contributed by atoms with E-state index in [-0.39, 0.29) is 36.4 Å². The van der Waals surface area contributed by atoms with Crippen molar-refractivity contribution in [2.75, 3.05) is 5.75 Å². The number of aliphatic carboxylic acids is 1. The van der Waals surface area contributed by atoms with Crippen LogP contribution in [0.4, 0.5) is 0 Å². The quantitative estimate of drug-likeness (QED) is 0.223. The molecule has 0 bridgehead atoms. The summed E-state index contributed by atoms with van der Waals surface area (Å²) in [6, 6.07) is -0.381. The fourth-order valence-corrected chi connectivity index (χ4v) is 5.08. The average molecular weight is 393 g/mol. The van der Waals surface area contributed by atoms with E-state index in [1.165, 1.54) is 0 Å². The summed E-state index contributed by atoms with van der Waals surface area (Å²) in [5, 5.41) is 19.5. The molecule has 0 fully saturated rings. The molecule has 7 nitrogen and oxygen atoms in total. The third-order valence-corrected chi connectivity index (χ3v) is 7.25. The van der Waals surface area contributed by atoms with E-state index in [4.69, 9.17) is 25.5 Å². The van der Waals surface area contributed by atoms with Crippen molar-refractivity contribution in [3.05, 3.63) is 0 Å². The summed E-state index contributed by atoms with van der Waals surface area (Å²) < 4.78 is 2.00. The minimum atomic E-state index is -0.757. The van der Waals surface area contributed by atoms with Crippen LogP contribution in [0.1, 0.15) is 0 Å². The first-order chi connectivity index (χ1) is 8.00. The van der Waals surface area contributed by atoms with Crippen LogP contribution in [0.25, 0.3) is 0 Å². The molecule has 0 amide bonds. The summed E-state index contributed by atoms with van der Waals surface area (Å²) in [5.74, 6) is 3.70. The van der Waals surface area contributed by atoms with Crippen molar-refractivity contribution < 1.29 is 19.5 Å². The number of nitrogens with zero attached hydrogens (tertiary/aromatic N) is 1. The average Bonchev–Trinajstić information content (AvgIpc) is 2.27. The number of hydrogen-bond donors (Lipinski definition) is 4. The van der Waals surface area contributed by atoms with Crippen LogP contribution >= 0.6 is 12.6 Å². The number of thiol groups is 1. The Bertz CT molecular complexity index is 252. The first-order valence-corrected chi connectivity index (χ1v) is 9.38. The third-order valence-electron chi connectivity index (χ3n) is 1.07. The zero-order valence-corrected chi connectivity index (χ0v) is 13.5. The van der Waals surface area contributed by atoms with Gasteiger partial charge in [-0.1, -0.05) is 0 Å². The smallest absolute Gasteiger partial charge is 0.222 e. The van der Waals surface area contributed by atoms with Crippen LogP contribution in [0.5, 0.6) is 0 Å². The molecule has 17 heavy (non-hydrogen) atoms. The van der Waals surface area contributed by atoms with E-state index in [9.17, 15) is 4.79 Å². The fraction of sp³-hybridized carbons (Fsp3) is 0.571. The Morgan fingerprint density at radius 3 is 1.71 bits per heavy atom. The molecule has 3 N–H and O–H groups in total. The molecule has 0 aromatic rings. The van der Waals surface area contributed by atoms with Gasteiger partial charge in [-0.25, -0.2) is 20.4 Å². The molecule has 0 saturated heterocycles. The molecule has 0 aromatic heterocycles. The molecule has 0 saturated carbocycles.